The van der Waals surface area contributed by atoms with Crippen LogP contribution in [0, 0.1) is 12.8 Å². The smallest absolute Gasteiger partial charge is 0.256 e. The average Bonchev–Trinajstić information content (AvgIpc) is 3.27. The highest BCUT2D eigenvalue weighted by atomic mass is 32.1. The lowest BCUT2D eigenvalue weighted by molar-refractivity contribution is 0.0786. The van der Waals surface area contributed by atoms with E-state index in [0.717, 1.165) is 31.6 Å². The van der Waals surface area contributed by atoms with Crippen LogP contribution in [0.3, 0.4) is 0 Å². The molecule has 3 aromatic heterocycles. The van der Waals surface area contributed by atoms with E-state index >= 15 is 0 Å². The van der Waals surface area contributed by atoms with Gasteiger partial charge in [-0.25, -0.2) is 15.0 Å². The van der Waals surface area contributed by atoms with E-state index in [4.69, 9.17) is 0 Å². The van der Waals surface area contributed by atoms with E-state index in [0.29, 0.717) is 17.3 Å². The Morgan fingerprint density at radius 2 is 2.35 bits per heavy atom. The Balaban J connectivity index is 1.45. The number of nitrogens with zero attached hydrogens (tertiary/aromatic N) is 5. The number of aromatic nitrogens is 4. The average molecular weight is 327 g/mol. The molecule has 1 amide bonds. The number of rotatable bonds is 3. The van der Waals surface area contributed by atoms with Gasteiger partial charge in [-0.2, -0.15) is 0 Å². The molecule has 1 saturated heterocycles. The zero-order chi connectivity index (χ0) is 15.8. The van der Waals surface area contributed by atoms with Gasteiger partial charge in [0.1, 0.15) is 0 Å². The number of imidazole rings is 1. The van der Waals surface area contributed by atoms with Crippen molar-refractivity contribution in [2.75, 3.05) is 13.1 Å². The van der Waals surface area contributed by atoms with Gasteiger partial charge in [-0.15, -0.1) is 11.3 Å². The molecular formula is C16H17N5OS. The summed E-state index contributed by atoms with van der Waals surface area (Å²) in [6, 6.07) is 0. The van der Waals surface area contributed by atoms with Crippen molar-refractivity contribution in [3.05, 3.63) is 46.4 Å². The minimum absolute atomic E-state index is 0.0471. The lowest BCUT2D eigenvalue weighted by Crippen LogP contribution is -2.29. The number of hydrogen-bond acceptors (Lipinski definition) is 5. The molecule has 4 rings (SSSR count). The molecule has 6 nitrogen and oxygen atoms in total. The van der Waals surface area contributed by atoms with Crippen molar-refractivity contribution >= 4 is 23.0 Å². The first-order valence-electron chi connectivity index (χ1n) is 7.68. The monoisotopic (exact) mass is 327 g/mol. The van der Waals surface area contributed by atoms with Gasteiger partial charge in [0, 0.05) is 55.4 Å². The van der Waals surface area contributed by atoms with Crippen LogP contribution in [0.2, 0.25) is 0 Å². The number of aryl methyl sites for hydroxylation is 1. The van der Waals surface area contributed by atoms with Gasteiger partial charge in [0.25, 0.3) is 5.91 Å². The third kappa shape index (κ3) is 2.84. The van der Waals surface area contributed by atoms with Crippen LogP contribution in [0.1, 0.15) is 27.5 Å². The molecule has 0 spiro atoms. The van der Waals surface area contributed by atoms with E-state index in [1.165, 1.54) is 5.01 Å². The minimum atomic E-state index is 0.0471. The highest BCUT2D eigenvalue weighted by Crippen LogP contribution is 2.24. The molecule has 0 aliphatic carbocycles. The molecule has 7 heteroatoms. The number of likely N-dealkylation sites (tertiary alicyclic amines) is 1. The SMILES string of the molecule is Cc1csc(CC2CCN(C(=O)c3cnc4nccn4c3)C2)n1. The molecule has 118 valence electrons. The third-order valence-electron chi connectivity index (χ3n) is 4.20. The third-order valence-corrected chi connectivity index (χ3v) is 5.18. The summed E-state index contributed by atoms with van der Waals surface area (Å²) in [5.41, 5.74) is 1.69. The summed E-state index contributed by atoms with van der Waals surface area (Å²) >= 11 is 1.71. The highest BCUT2D eigenvalue weighted by molar-refractivity contribution is 7.09. The zero-order valence-corrected chi connectivity index (χ0v) is 13.7. The predicted octanol–water partition coefficient (Wildman–Crippen LogP) is 2.20. The first-order chi connectivity index (χ1) is 11.2. The van der Waals surface area contributed by atoms with Gasteiger partial charge in [-0.05, 0) is 19.3 Å². The maximum absolute atomic E-state index is 12.7. The van der Waals surface area contributed by atoms with Gasteiger partial charge in [0.05, 0.1) is 10.6 Å². The van der Waals surface area contributed by atoms with Crippen molar-refractivity contribution < 1.29 is 4.79 Å². The molecule has 3 aromatic rings. The largest absolute Gasteiger partial charge is 0.338 e. The maximum atomic E-state index is 12.7. The summed E-state index contributed by atoms with van der Waals surface area (Å²) in [6.07, 6.45) is 8.89. The fraction of sp³-hybridized carbons (Fsp3) is 0.375. The van der Waals surface area contributed by atoms with Crippen LogP contribution in [-0.4, -0.2) is 43.2 Å². The van der Waals surface area contributed by atoms with Crippen molar-refractivity contribution in [1.29, 1.82) is 0 Å². The number of thiazole rings is 1. The topological polar surface area (TPSA) is 63.4 Å². The molecule has 0 saturated carbocycles. The first kappa shape index (κ1) is 14.3. The number of carbonyl (C=O) groups excluding carboxylic acids is 1. The molecule has 0 aromatic carbocycles. The number of carbonyl (C=O) groups is 1. The van der Waals surface area contributed by atoms with Crippen molar-refractivity contribution in [3.8, 4) is 0 Å². The van der Waals surface area contributed by atoms with Gasteiger partial charge >= 0.3 is 0 Å². The van der Waals surface area contributed by atoms with Crippen molar-refractivity contribution in [1.82, 2.24) is 24.3 Å². The van der Waals surface area contributed by atoms with Crippen LogP contribution in [0.5, 0.6) is 0 Å². The maximum Gasteiger partial charge on any atom is 0.256 e. The molecule has 1 fully saturated rings. The fourth-order valence-corrected chi connectivity index (χ4v) is 3.92. The summed E-state index contributed by atoms with van der Waals surface area (Å²) < 4.78 is 1.78. The summed E-state index contributed by atoms with van der Waals surface area (Å²) in [5, 5.41) is 3.25. The molecule has 1 aliphatic heterocycles. The van der Waals surface area contributed by atoms with Crippen LogP contribution >= 0.6 is 11.3 Å². The summed E-state index contributed by atoms with van der Waals surface area (Å²) in [5.74, 6) is 1.15. The van der Waals surface area contributed by atoms with Crippen molar-refractivity contribution in [2.24, 2.45) is 5.92 Å². The quantitative estimate of drug-likeness (QED) is 0.740. The summed E-state index contributed by atoms with van der Waals surface area (Å²) in [6.45, 7) is 3.61. The molecule has 0 N–H and O–H groups in total. The van der Waals surface area contributed by atoms with Gasteiger partial charge in [0.2, 0.25) is 5.78 Å². The molecule has 4 heterocycles. The summed E-state index contributed by atoms with van der Waals surface area (Å²) in [4.78, 5) is 27.4. The van der Waals surface area contributed by atoms with Crippen LogP contribution in [0.4, 0.5) is 0 Å². The Kier molecular flexibility index (Phi) is 3.57. The van der Waals surface area contributed by atoms with E-state index in [2.05, 4.69) is 20.3 Å². The van der Waals surface area contributed by atoms with Gasteiger partial charge in [0.15, 0.2) is 0 Å². The molecule has 1 aliphatic rings. The molecule has 0 radical (unpaired) electrons. The highest BCUT2D eigenvalue weighted by Gasteiger charge is 2.28. The first-order valence-corrected chi connectivity index (χ1v) is 8.56. The number of amides is 1. The molecule has 1 atom stereocenters. The van der Waals surface area contributed by atoms with Gasteiger partial charge in [-0.3, -0.25) is 9.20 Å². The normalized spacial score (nSPS) is 18.0. The van der Waals surface area contributed by atoms with Crippen molar-refractivity contribution in [2.45, 2.75) is 19.8 Å². The van der Waals surface area contributed by atoms with E-state index in [1.54, 1.807) is 40.5 Å². The molecule has 0 bridgehead atoms. The van der Waals surface area contributed by atoms with Crippen LogP contribution in [0.15, 0.2) is 30.2 Å². The van der Waals surface area contributed by atoms with E-state index < -0.39 is 0 Å². The Hall–Kier alpha value is -2.28. The standard InChI is InChI=1S/C16H17N5OS/c1-11-10-23-14(19-11)6-12-2-4-20(8-12)15(22)13-7-18-16-17-3-5-21(16)9-13/h3,5,7,9-10,12H,2,4,6,8H2,1H3. The van der Waals surface area contributed by atoms with Crippen molar-refractivity contribution in [3.63, 3.8) is 0 Å². The van der Waals surface area contributed by atoms with E-state index in [1.807, 2.05) is 11.8 Å². The molecule has 23 heavy (non-hydrogen) atoms. The zero-order valence-electron chi connectivity index (χ0n) is 12.8. The lowest BCUT2D eigenvalue weighted by atomic mass is 10.1. The second-order valence-corrected chi connectivity index (χ2v) is 6.91. The minimum Gasteiger partial charge on any atom is -0.338 e. The summed E-state index contributed by atoms with van der Waals surface area (Å²) in [7, 11) is 0. The Morgan fingerprint density at radius 3 is 3.17 bits per heavy atom. The van der Waals surface area contributed by atoms with Crippen LogP contribution < -0.4 is 0 Å². The van der Waals surface area contributed by atoms with Crippen LogP contribution in [-0.2, 0) is 6.42 Å². The second-order valence-electron chi connectivity index (χ2n) is 5.97. The number of fused-ring (bicyclic) bond motifs is 1. The Labute approximate surface area is 137 Å². The fourth-order valence-electron chi connectivity index (χ4n) is 3.04. The second kappa shape index (κ2) is 5.73. The number of hydrogen-bond donors (Lipinski definition) is 0. The van der Waals surface area contributed by atoms with Crippen LogP contribution in [0.25, 0.3) is 5.78 Å². The van der Waals surface area contributed by atoms with E-state index in [-0.39, 0.29) is 5.91 Å². The predicted molar refractivity (Wildman–Crippen MR) is 87.6 cm³/mol. The van der Waals surface area contributed by atoms with Gasteiger partial charge < -0.3 is 4.90 Å². The molecular weight excluding hydrogens is 310 g/mol. The van der Waals surface area contributed by atoms with E-state index in [9.17, 15) is 4.79 Å². The van der Waals surface area contributed by atoms with Gasteiger partial charge in [-0.1, -0.05) is 0 Å². The Morgan fingerprint density at radius 1 is 1.43 bits per heavy atom. The Bertz CT molecular complexity index is 855. The molecule has 1 unspecified atom stereocenters. The lowest BCUT2D eigenvalue weighted by Gasteiger charge is -2.16.